The molecule has 17 heavy (non-hydrogen) atoms. The zero-order valence-corrected chi connectivity index (χ0v) is 9.86. The summed E-state index contributed by atoms with van der Waals surface area (Å²) in [6, 6.07) is 5.32. The van der Waals surface area contributed by atoms with E-state index in [1.165, 1.54) is 0 Å². The zero-order valence-electron chi connectivity index (χ0n) is 9.86. The molecule has 0 unspecified atom stereocenters. The lowest BCUT2D eigenvalue weighted by molar-refractivity contribution is 0.167. The van der Waals surface area contributed by atoms with Gasteiger partial charge in [0.05, 0.1) is 18.9 Å². The molecule has 0 saturated carbocycles. The highest BCUT2D eigenvalue weighted by molar-refractivity contribution is 5.54. The third-order valence-corrected chi connectivity index (χ3v) is 1.93. The molecule has 0 bridgehead atoms. The molecule has 0 atom stereocenters. The lowest BCUT2D eigenvalue weighted by atomic mass is 10.3. The number of hydrogen-bond donors (Lipinski definition) is 2. The van der Waals surface area contributed by atoms with Gasteiger partial charge in [-0.25, -0.2) is 4.98 Å². The van der Waals surface area contributed by atoms with Crippen LogP contribution in [0, 0.1) is 11.3 Å². The first-order chi connectivity index (χ1) is 8.13. The van der Waals surface area contributed by atoms with E-state index in [-0.39, 0.29) is 5.69 Å². The second kappa shape index (κ2) is 6.51. The van der Waals surface area contributed by atoms with E-state index in [0.29, 0.717) is 31.3 Å². The second-order valence-electron chi connectivity index (χ2n) is 3.68. The van der Waals surface area contributed by atoms with Crippen molar-refractivity contribution >= 4 is 11.5 Å². The maximum absolute atomic E-state index is 8.76. The van der Waals surface area contributed by atoms with E-state index in [2.05, 4.69) is 16.9 Å². The monoisotopic (exact) mass is 232 g/mol. The van der Waals surface area contributed by atoms with Crippen molar-refractivity contribution in [2.45, 2.75) is 6.92 Å². The zero-order chi connectivity index (χ0) is 12.7. The third kappa shape index (κ3) is 4.53. The van der Waals surface area contributed by atoms with Gasteiger partial charge in [0.2, 0.25) is 0 Å². The molecule has 0 saturated heterocycles. The molecular formula is C12H16N4O. The molecule has 0 radical (unpaired) electrons. The molecule has 0 amide bonds. The fourth-order valence-corrected chi connectivity index (χ4v) is 1.16. The Labute approximate surface area is 101 Å². The maximum Gasteiger partial charge on any atom is 0.165 e. The summed E-state index contributed by atoms with van der Waals surface area (Å²) in [5.74, 6) is 0.620. The van der Waals surface area contributed by atoms with Gasteiger partial charge in [-0.2, -0.15) is 5.26 Å². The van der Waals surface area contributed by atoms with Crippen LogP contribution in [0.5, 0.6) is 0 Å². The van der Waals surface area contributed by atoms with E-state index in [9.17, 15) is 0 Å². The molecule has 0 fully saturated rings. The van der Waals surface area contributed by atoms with Crippen molar-refractivity contribution in [2.75, 3.05) is 30.8 Å². The summed E-state index contributed by atoms with van der Waals surface area (Å²) < 4.78 is 5.32. The van der Waals surface area contributed by atoms with E-state index in [1.807, 2.05) is 13.0 Å². The normalized spacial score (nSPS) is 9.65. The van der Waals surface area contributed by atoms with Crippen LogP contribution in [0.25, 0.3) is 0 Å². The number of nitrogens with one attached hydrogen (secondary N) is 1. The minimum atomic E-state index is 0.234. The second-order valence-corrected chi connectivity index (χ2v) is 3.68. The molecular weight excluding hydrogens is 216 g/mol. The number of rotatable bonds is 6. The molecule has 5 nitrogen and oxygen atoms in total. The number of nitrogens with two attached hydrogens (primary N) is 1. The Balaban J connectivity index is 2.37. The molecule has 1 aromatic heterocycles. The Morgan fingerprint density at radius 1 is 1.65 bits per heavy atom. The molecule has 0 aliphatic rings. The van der Waals surface area contributed by atoms with Gasteiger partial charge in [-0.05, 0) is 19.1 Å². The smallest absolute Gasteiger partial charge is 0.165 e. The number of ether oxygens (including phenoxy) is 1. The number of nitriles is 1. The number of nitrogens with zero attached hydrogens (tertiary/aromatic N) is 2. The van der Waals surface area contributed by atoms with Crippen LogP contribution in [0.2, 0.25) is 0 Å². The quantitative estimate of drug-likeness (QED) is 0.574. The van der Waals surface area contributed by atoms with Crippen molar-refractivity contribution in [3.63, 3.8) is 0 Å². The van der Waals surface area contributed by atoms with Crippen LogP contribution in [0.3, 0.4) is 0 Å². The summed E-state index contributed by atoms with van der Waals surface area (Å²) in [6.45, 7) is 7.38. The van der Waals surface area contributed by atoms with E-state index >= 15 is 0 Å². The highest BCUT2D eigenvalue weighted by Crippen LogP contribution is 2.11. The number of aromatic nitrogens is 1. The van der Waals surface area contributed by atoms with E-state index in [0.717, 1.165) is 5.57 Å². The Morgan fingerprint density at radius 3 is 3.06 bits per heavy atom. The van der Waals surface area contributed by atoms with E-state index in [4.69, 9.17) is 15.7 Å². The lowest BCUT2D eigenvalue weighted by Crippen LogP contribution is -2.11. The molecule has 90 valence electrons. The van der Waals surface area contributed by atoms with Crippen LogP contribution < -0.4 is 11.1 Å². The fourth-order valence-electron chi connectivity index (χ4n) is 1.16. The van der Waals surface area contributed by atoms with Gasteiger partial charge in [-0.15, -0.1) is 0 Å². The van der Waals surface area contributed by atoms with Crippen molar-refractivity contribution in [3.05, 3.63) is 30.0 Å². The Hall–Kier alpha value is -2.06. The van der Waals surface area contributed by atoms with Crippen LogP contribution in [0.4, 0.5) is 11.5 Å². The van der Waals surface area contributed by atoms with Gasteiger partial charge in [0.1, 0.15) is 11.9 Å². The van der Waals surface area contributed by atoms with Gasteiger partial charge < -0.3 is 15.8 Å². The number of hydrogen-bond acceptors (Lipinski definition) is 5. The Bertz CT molecular complexity index is 437. The minimum absolute atomic E-state index is 0.234. The summed E-state index contributed by atoms with van der Waals surface area (Å²) in [5.41, 5.74) is 7.17. The van der Waals surface area contributed by atoms with Crippen molar-refractivity contribution in [2.24, 2.45) is 0 Å². The summed E-state index contributed by atoms with van der Waals surface area (Å²) >= 11 is 0. The van der Waals surface area contributed by atoms with Gasteiger partial charge >= 0.3 is 0 Å². The molecule has 0 aromatic carbocycles. The van der Waals surface area contributed by atoms with Crippen molar-refractivity contribution in [1.29, 1.82) is 5.26 Å². The molecule has 0 aliphatic carbocycles. The minimum Gasteiger partial charge on any atom is -0.396 e. The first-order valence-corrected chi connectivity index (χ1v) is 5.26. The molecule has 0 spiro atoms. The van der Waals surface area contributed by atoms with Crippen LogP contribution in [0.1, 0.15) is 12.6 Å². The lowest BCUT2D eigenvalue weighted by Gasteiger charge is -2.07. The van der Waals surface area contributed by atoms with Crippen LogP contribution >= 0.6 is 0 Å². The van der Waals surface area contributed by atoms with Crippen LogP contribution in [0.15, 0.2) is 24.3 Å². The number of anilines is 2. The molecule has 1 aromatic rings. The maximum atomic E-state index is 8.76. The summed E-state index contributed by atoms with van der Waals surface area (Å²) in [5, 5.41) is 11.8. The van der Waals surface area contributed by atoms with Gasteiger partial charge in [0.15, 0.2) is 5.69 Å². The van der Waals surface area contributed by atoms with E-state index < -0.39 is 0 Å². The summed E-state index contributed by atoms with van der Waals surface area (Å²) in [6.07, 6.45) is 0. The standard InChI is InChI=1S/C12H16N4O/c1-9(2)8-17-6-5-15-12-4-3-10(14)11(7-13)16-12/h3-4H,1,5-6,8,14H2,2H3,(H,15,16). The van der Waals surface area contributed by atoms with Gasteiger partial charge in [-0.3, -0.25) is 0 Å². The Morgan fingerprint density at radius 2 is 2.41 bits per heavy atom. The third-order valence-electron chi connectivity index (χ3n) is 1.93. The molecule has 0 aliphatic heterocycles. The fraction of sp³-hybridized carbons (Fsp3) is 0.333. The van der Waals surface area contributed by atoms with E-state index in [1.54, 1.807) is 12.1 Å². The predicted molar refractivity (Wildman–Crippen MR) is 67.5 cm³/mol. The number of nitrogen functional groups attached to an aromatic ring is 1. The van der Waals surface area contributed by atoms with Crippen molar-refractivity contribution in [1.82, 2.24) is 4.98 Å². The van der Waals surface area contributed by atoms with Crippen molar-refractivity contribution < 1.29 is 4.74 Å². The van der Waals surface area contributed by atoms with Gasteiger partial charge in [0.25, 0.3) is 0 Å². The summed E-state index contributed by atoms with van der Waals surface area (Å²) in [7, 11) is 0. The number of pyridine rings is 1. The first-order valence-electron chi connectivity index (χ1n) is 5.26. The highest BCUT2D eigenvalue weighted by Gasteiger charge is 2.01. The molecule has 3 N–H and O–H groups in total. The average molecular weight is 232 g/mol. The topological polar surface area (TPSA) is 84.0 Å². The SMILES string of the molecule is C=C(C)COCCNc1ccc(N)c(C#N)n1. The van der Waals surface area contributed by atoms with Crippen molar-refractivity contribution in [3.8, 4) is 6.07 Å². The Kier molecular flexibility index (Phi) is 4.98. The first kappa shape index (κ1) is 13.0. The molecule has 5 heteroatoms. The van der Waals surface area contributed by atoms with Crippen LogP contribution in [-0.2, 0) is 4.74 Å². The largest absolute Gasteiger partial charge is 0.396 e. The molecule has 1 heterocycles. The highest BCUT2D eigenvalue weighted by atomic mass is 16.5. The molecule has 1 rings (SSSR count). The average Bonchev–Trinajstić information content (AvgIpc) is 2.30. The van der Waals surface area contributed by atoms with Gasteiger partial charge in [0, 0.05) is 6.54 Å². The van der Waals surface area contributed by atoms with Crippen LogP contribution in [-0.4, -0.2) is 24.7 Å². The summed E-state index contributed by atoms with van der Waals surface area (Å²) in [4.78, 5) is 4.05. The predicted octanol–water partition coefficient (Wildman–Crippen LogP) is 1.54. The van der Waals surface area contributed by atoms with Gasteiger partial charge in [-0.1, -0.05) is 12.2 Å².